The Balaban J connectivity index is 2.19. The summed E-state index contributed by atoms with van der Waals surface area (Å²) in [4.78, 5) is 21.1. The molecular formula is C17H15NO5. The molecule has 0 saturated carbocycles. The number of rotatable bonds is 6. The SMILES string of the molecule is Cc1ccc(COc2ccc(/C=C\C(=O)O)cc2[N+](=O)[O-])cc1. The molecule has 23 heavy (non-hydrogen) atoms. The Morgan fingerprint density at radius 1 is 1.26 bits per heavy atom. The lowest BCUT2D eigenvalue weighted by Gasteiger charge is -2.08. The Labute approximate surface area is 132 Å². The van der Waals surface area contributed by atoms with E-state index in [4.69, 9.17) is 9.84 Å². The number of carbonyl (C=O) groups is 1. The number of aryl methyl sites for hydroxylation is 1. The Morgan fingerprint density at radius 3 is 2.57 bits per heavy atom. The van der Waals surface area contributed by atoms with Gasteiger partial charge in [-0.25, -0.2) is 4.79 Å². The summed E-state index contributed by atoms with van der Waals surface area (Å²) in [6.07, 6.45) is 2.21. The van der Waals surface area contributed by atoms with Crippen LogP contribution in [0.25, 0.3) is 6.08 Å². The molecule has 0 aliphatic heterocycles. The molecule has 0 aliphatic rings. The second kappa shape index (κ2) is 7.22. The van der Waals surface area contributed by atoms with E-state index in [9.17, 15) is 14.9 Å². The van der Waals surface area contributed by atoms with E-state index < -0.39 is 10.9 Å². The normalized spacial score (nSPS) is 10.7. The first-order chi connectivity index (χ1) is 11.0. The molecule has 0 unspecified atom stereocenters. The maximum Gasteiger partial charge on any atom is 0.328 e. The fourth-order valence-corrected chi connectivity index (χ4v) is 1.92. The summed E-state index contributed by atoms with van der Waals surface area (Å²) in [6.45, 7) is 2.18. The van der Waals surface area contributed by atoms with E-state index in [1.54, 1.807) is 6.07 Å². The third kappa shape index (κ3) is 4.67. The van der Waals surface area contributed by atoms with Gasteiger partial charge in [0.2, 0.25) is 0 Å². The monoisotopic (exact) mass is 313 g/mol. The van der Waals surface area contributed by atoms with Crippen LogP contribution in [0.3, 0.4) is 0 Å². The molecule has 0 amide bonds. The van der Waals surface area contributed by atoms with Crippen LogP contribution >= 0.6 is 0 Å². The number of hydrogen-bond acceptors (Lipinski definition) is 4. The fourth-order valence-electron chi connectivity index (χ4n) is 1.92. The van der Waals surface area contributed by atoms with Crippen LogP contribution in [0.5, 0.6) is 5.75 Å². The summed E-state index contributed by atoms with van der Waals surface area (Å²) in [5.41, 5.74) is 2.24. The van der Waals surface area contributed by atoms with Crippen LogP contribution in [0.15, 0.2) is 48.5 Å². The van der Waals surface area contributed by atoms with E-state index >= 15 is 0 Å². The van der Waals surface area contributed by atoms with Gasteiger partial charge in [-0.2, -0.15) is 0 Å². The van der Waals surface area contributed by atoms with E-state index in [0.717, 1.165) is 17.2 Å². The maximum absolute atomic E-state index is 11.2. The third-order valence-electron chi connectivity index (χ3n) is 3.11. The molecular weight excluding hydrogens is 298 g/mol. The van der Waals surface area contributed by atoms with Gasteiger partial charge in [0, 0.05) is 12.1 Å². The summed E-state index contributed by atoms with van der Waals surface area (Å²) in [6, 6.07) is 12.0. The number of carboxylic acids is 1. The largest absolute Gasteiger partial charge is 0.482 e. The summed E-state index contributed by atoms with van der Waals surface area (Å²) >= 11 is 0. The quantitative estimate of drug-likeness (QED) is 0.500. The third-order valence-corrected chi connectivity index (χ3v) is 3.11. The summed E-state index contributed by atoms with van der Waals surface area (Å²) in [7, 11) is 0. The Morgan fingerprint density at radius 2 is 1.96 bits per heavy atom. The summed E-state index contributed by atoms with van der Waals surface area (Å²) in [5, 5.41) is 19.7. The molecule has 118 valence electrons. The van der Waals surface area contributed by atoms with Gasteiger partial charge in [-0.3, -0.25) is 10.1 Å². The standard InChI is InChI=1S/C17H15NO5/c1-12-2-4-14(5-3-12)11-23-16-8-6-13(7-9-17(19)20)10-15(16)18(21)22/h2-10H,11H2,1H3,(H,19,20)/b9-7-. The molecule has 0 bridgehead atoms. The Hall–Kier alpha value is -3.15. The summed E-state index contributed by atoms with van der Waals surface area (Å²) < 4.78 is 5.52. The van der Waals surface area contributed by atoms with Crippen molar-refractivity contribution in [2.24, 2.45) is 0 Å². The van der Waals surface area contributed by atoms with Crippen LogP contribution in [-0.2, 0) is 11.4 Å². The molecule has 6 heteroatoms. The van der Waals surface area contributed by atoms with E-state index in [0.29, 0.717) is 5.56 Å². The van der Waals surface area contributed by atoms with Crippen molar-refractivity contribution < 1.29 is 19.6 Å². The molecule has 0 fully saturated rings. The number of aliphatic carboxylic acids is 1. The minimum absolute atomic E-state index is 0.142. The second-order valence-electron chi connectivity index (χ2n) is 4.93. The number of ether oxygens (including phenoxy) is 1. The Bertz CT molecular complexity index is 750. The highest BCUT2D eigenvalue weighted by molar-refractivity contribution is 5.85. The number of carboxylic acid groups (broad SMARTS) is 1. The highest BCUT2D eigenvalue weighted by Crippen LogP contribution is 2.29. The Kier molecular flexibility index (Phi) is 5.09. The number of nitro groups is 1. The molecule has 0 aliphatic carbocycles. The number of nitrogens with zero attached hydrogens (tertiary/aromatic N) is 1. The van der Waals surface area contributed by atoms with Gasteiger partial charge in [-0.05, 0) is 30.2 Å². The van der Waals surface area contributed by atoms with Crippen molar-refractivity contribution in [1.82, 2.24) is 0 Å². The maximum atomic E-state index is 11.2. The molecule has 2 aromatic rings. The second-order valence-corrected chi connectivity index (χ2v) is 4.93. The van der Waals surface area contributed by atoms with Crippen LogP contribution in [-0.4, -0.2) is 16.0 Å². The van der Waals surface area contributed by atoms with E-state index in [-0.39, 0.29) is 18.0 Å². The lowest BCUT2D eigenvalue weighted by Crippen LogP contribution is -1.99. The van der Waals surface area contributed by atoms with Crippen molar-refractivity contribution in [1.29, 1.82) is 0 Å². The van der Waals surface area contributed by atoms with Gasteiger partial charge < -0.3 is 9.84 Å². The first-order valence-electron chi connectivity index (χ1n) is 6.83. The molecule has 6 nitrogen and oxygen atoms in total. The van der Waals surface area contributed by atoms with Gasteiger partial charge in [0.25, 0.3) is 0 Å². The lowest BCUT2D eigenvalue weighted by molar-refractivity contribution is -0.386. The van der Waals surface area contributed by atoms with Crippen LogP contribution < -0.4 is 4.74 Å². The van der Waals surface area contributed by atoms with E-state index in [1.165, 1.54) is 18.2 Å². The predicted molar refractivity (Wildman–Crippen MR) is 85.3 cm³/mol. The fraction of sp³-hybridized carbons (Fsp3) is 0.118. The molecule has 0 saturated heterocycles. The molecule has 0 atom stereocenters. The average Bonchev–Trinajstić information content (AvgIpc) is 2.52. The molecule has 0 heterocycles. The molecule has 0 radical (unpaired) electrons. The van der Waals surface area contributed by atoms with E-state index in [1.807, 2.05) is 31.2 Å². The molecule has 2 rings (SSSR count). The highest BCUT2D eigenvalue weighted by Gasteiger charge is 2.15. The molecule has 1 N–H and O–H groups in total. The predicted octanol–water partition coefficient (Wildman–Crippen LogP) is 3.58. The van der Waals surface area contributed by atoms with Gasteiger partial charge >= 0.3 is 11.7 Å². The first kappa shape index (κ1) is 16.2. The molecule has 2 aromatic carbocycles. The van der Waals surface area contributed by atoms with Crippen LogP contribution in [0, 0.1) is 17.0 Å². The van der Waals surface area contributed by atoms with Crippen LogP contribution in [0.2, 0.25) is 0 Å². The summed E-state index contributed by atoms with van der Waals surface area (Å²) in [5.74, 6) is -0.976. The number of nitro benzene ring substituents is 1. The minimum Gasteiger partial charge on any atom is -0.482 e. The number of hydrogen-bond donors (Lipinski definition) is 1. The molecule has 0 aromatic heterocycles. The van der Waals surface area contributed by atoms with E-state index in [2.05, 4.69) is 0 Å². The van der Waals surface area contributed by atoms with Gasteiger partial charge in [0.15, 0.2) is 5.75 Å². The average molecular weight is 313 g/mol. The number of benzene rings is 2. The van der Waals surface area contributed by atoms with Gasteiger partial charge in [0.05, 0.1) is 4.92 Å². The topological polar surface area (TPSA) is 89.7 Å². The van der Waals surface area contributed by atoms with Crippen molar-refractivity contribution in [3.8, 4) is 5.75 Å². The van der Waals surface area contributed by atoms with Crippen molar-refractivity contribution in [3.63, 3.8) is 0 Å². The van der Waals surface area contributed by atoms with Gasteiger partial charge in [-0.1, -0.05) is 35.9 Å². The molecule has 0 spiro atoms. The zero-order chi connectivity index (χ0) is 16.8. The van der Waals surface area contributed by atoms with Crippen molar-refractivity contribution >= 4 is 17.7 Å². The lowest BCUT2D eigenvalue weighted by atomic mass is 10.1. The zero-order valence-electron chi connectivity index (χ0n) is 12.4. The smallest absolute Gasteiger partial charge is 0.328 e. The first-order valence-corrected chi connectivity index (χ1v) is 6.83. The van der Waals surface area contributed by atoms with Crippen LogP contribution in [0.4, 0.5) is 5.69 Å². The van der Waals surface area contributed by atoms with Crippen molar-refractivity contribution in [2.45, 2.75) is 13.5 Å². The zero-order valence-corrected chi connectivity index (χ0v) is 12.4. The van der Waals surface area contributed by atoms with Gasteiger partial charge in [0.1, 0.15) is 6.61 Å². The van der Waals surface area contributed by atoms with Gasteiger partial charge in [-0.15, -0.1) is 0 Å². The van der Waals surface area contributed by atoms with Crippen molar-refractivity contribution in [2.75, 3.05) is 0 Å². The highest BCUT2D eigenvalue weighted by atomic mass is 16.6. The van der Waals surface area contributed by atoms with Crippen molar-refractivity contribution in [3.05, 3.63) is 75.3 Å². The van der Waals surface area contributed by atoms with Crippen LogP contribution in [0.1, 0.15) is 16.7 Å². The minimum atomic E-state index is -1.12.